The maximum atomic E-state index is 8.88. The maximum Gasteiger partial charge on any atom is 0.119 e. The summed E-state index contributed by atoms with van der Waals surface area (Å²) < 4.78 is 6.78. The van der Waals surface area contributed by atoms with E-state index in [1.165, 1.54) is 0 Å². The molecule has 0 atom stereocenters. The fraction of sp³-hybridized carbons (Fsp3) is 0.188. The van der Waals surface area contributed by atoms with E-state index >= 15 is 0 Å². The quantitative estimate of drug-likeness (QED) is 0.493. The van der Waals surface area contributed by atoms with E-state index in [1.807, 2.05) is 55.5 Å². The molecule has 0 aliphatic heterocycles. The Morgan fingerprint density at radius 3 is 2.45 bits per heavy atom. The number of oxime groups is 1. The van der Waals surface area contributed by atoms with Gasteiger partial charge in [0.15, 0.2) is 0 Å². The van der Waals surface area contributed by atoms with E-state index in [4.69, 9.17) is 9.94 Å². The monoisotopic (exact) mass is 333 g/mol. The summed E-state index contributed by atoms with van der Waals surface area (Å²) in [4.78, 5) is 0. The van der Waals surface area contributed by atoms with E-state index in [1.54, 1.807) is 0 Å². The van der Waals surface area contributed by atoms with Gasteiger partial charge in [-0.25, -0.2) is 0 Å². The smallest absolute Gasteiger partial charge is 0.119 e. The second kappa shape index (κ2) is 7.10. The molecule has 2 aromatic rings. The van der Waals surface area contributed by atoms with Crippen molar-refractivity contribution in [1.29, 1.82) is 0 Å². The normalized spacial score (nSPS) is 11.4. The summed E-state index contributed by atoms with van der Waals surface area (Å²) in [5.74, 6) is 0.790. The molecule has 0 bridgehead atoms. The number of hydrogen-bond acceptors (Lipinski definition) is 3. The van der Waals surface area contributed by atoms with Gasteiger partial charge in [0.25, 0.3) is 0 Å². The third-order valence-corrected chi connectivity index (χ3v) is 3.77. The lowest BCUT2D eigenvalue weighted by Crippen LogP contribution is -2.00. The predicted molar refractivity (Wildman–Crippen MR) is 83.5 cm³/mol. The van der Waals surface area contributed by atoms with Crippen molar-refractivity contribution in [2.24, 2.45) is 5.16 Å². The van der Waals surface area contributed by atoms with Crippen molar-refractivity contribution < 1.29 is 9.94 Å². The average Bonchev–Trinajstić information content (AvgIpc) is 2.49. The summed E-state index contributed by atoms with van der Waals surface area (Å²) in [5.41, 5.74) is 2.67. The Morgan fingerprint density at radius 1 is 1.15 bits per heavy atom. The first-order valence-electron chi connectivity index (χ1n) is 6.42. The van der Waals surface area contributed by atoms with Gasteiger partial charge >= 0.3 is 0 Å². The minimum Gasteiger partial charge on any atom is -0.489 e. The highest BCUT2D eigenvalue weighted by atomic mass is 79.9. The van der Waals surface area contributed by atoms with Crippen molar-refractivity contribution in [3.63, 3.8) is 0 Å². The van der Waals surface area contributed by atoms with Gasteiger partial charge in [-0.1, -0.05) is 46.2 Å². The summed E-state index contributed by atoms with van der Waals surface area (Å²) in [5, 5.41) is 12.2. The van der Waals surface area contributed by atoms with Crippen molar-refractivity contribution in [2.75, 3.05) is 0 Å². The Bertz CT molecular complexity index is 594. The van der Waals surface area contributed by atoms with Crippen LogP contribution in [0.1, 0.15) is 24.5 Å². The number of hydrogen-bond donors (Lipinski definition) is 1. The van der Waals surface area contributed by atoms with Crippen molar-refractivity contribution in [2.45, 2.75) is 20.0 Å². The molecule has 1 N–H and O–H groups in total. The molecule has 0 fully saturated rings. The first-order chi connectivity index (χ1) is 9.74. The molecular formula is C16H16BrNO2. The summed E-state index contributed by atoms with van der Waals surface area (Å²) in [6.45, 7) is 2.46. The lowest BCUT2D eigenvalue weighted by Gasteiger charge is -2.09. The van der Waals surface area contributed by atoms with Gasteiger partial charge in [-0.15, -0.1) is 0 Å². The molecule has 2 rings (SSSR count). The van der Waals surface area contributed by atoms with Gasteiger partial charge in [-0.2, -0.15) is 0 Å². The summed E-state index contributed by atoms with van der Waals surface area (Å²) in [7, 11) is 0. The van der Waals surface area contributed by atoms with E-state index in [9.17, 15) is 0 Å². The zero-order chi connectivity index (χ0) is 14.4. The molecule has 0 unspecified atom stereocenters. The molecule has 0 radical (unpaired) electrons. The van der Waals surface area contributed by atoms with Gasteiger partial charge in [0.1, 0.15) is 12.4 Å². The van der Waals surface area contributed by atoms with Crippen LogP contribution < -0.4 is 4.74 Å². The molecule has 0 heterocycles. The third-order valence-electron chi connectivity index (χ3n) is 3.00. The second-order valence-electron chi connectivity index (χ2n) is 4.30. The fourth-order valence-corrected chi connectivity index (χ4v) is 2.25. The molecule has 0 amide bonds. The Labute approximate surface area is 127 Å². The van der Waals surface area contributed by atoms with Gasteiger partial charge < -0.3 is 9.94 Å². The Hall–Kier alpha value is -1.81. The number of ether oxygens (including phenoxy) is 1. The van der Waals surface area contributed by atoms with Crippen LogP contribution in [0.3, 0.4) is 0 Å². The minimum atomic E-state index is 0.509. The predicted octanol–water partition coefficient (Wildman–Crippen LogP) is 4.62. The zero-order valence-electron chi connectivity index (χ0n) is 11.2. The number of nitrogens with zero attached hydrogens (tertiary/aromatic N) is 1. The van der Waals surface area contributed by atoms with Gasteiger partial charge in [-0.05, 0) is 42.3 Å². The first-order valence-corrected chi connectivity index (χ1v) is 7.21. The standard InChI is InChI=1S/C16H16BrNO2/c1-2-16(18-19)12-7-9-14(10-8-12)20-11-13-5-3-4-6-15(13)17/h3-10,19H,2,11H2,1H3/b18-16+. The van der Waals surface area contributed by atoms with Crippen molar-refractivity contribution in [1.82, 2.24) is 0 Å². The van der Waals surface area contributed by atoms with Crippen molar-refractivity contribution in [3.05, 3.63) is 64.1 Å². The summed E-state index contributed by atoms with van der Waals surface area (Å²) in [6.07, 6.45) is 0.688. The highest BCUT2D eigenvalue weighted by Crippen LogP contribution is 2.19. The van der Waals surface area contributed by atoms with Crippen LogP contribution in [0, 0.1) is 0 Å². The highest BCUT2D eigenvalue weighted by Gasteiger charge is 2.03. The van der Waals surface area contributed by atoms with Crippen molar-refractivity contribution in [3.8, 4) is 5.75 Å². The van der Waals surface area contributed by atoms with E-state index in [0.717, 1.165) is 21.3 Å². The Balaban J connectivity index is 2.03. The molecule has 0 aliphatic carbocycles. The van der Waals surface area contributed by atoms with E-state index < -0.39 is 0 Å². The lowest BCUT2D eigenvalue weighted by molar-refractivity contribution is 0.305. The highest BCUT2D eigenvalue weighted by molar-refractivity contribution is 9.10. The molecule has 3 nitrogen and oxygen atoms in total. The Morgan fingerprint density at radius 2 is 1.85 bits per heavy atom. The molecule has 104 valence electrons. The Kier molecular flexibility index (Phi) is 5.18. The van der Waals surface area contributed by atoms with Crippen LogP contribution in [0.2, 0.25) is 0 Å². The molecule has 2 aromatic carbocycles. The van der Waals surface area contributed by atoms with Crippen LogP contribution in [0.5, 0.6) is 5.75 Å². The molecule has 20 heavy (non-hydrogen) atoms. The van der Waals surface area contributed by atoms with Crippen LogP contribution in [0.15, 0.2) is 58.2 Å². The summed E-state index contributed by atoms with van der Waals surface area (Å²) >= 11 is 3.50. The molecule has 0 aromatic heterocycles. The van der Waals surface area contributed by atoms with Gasteiger partial charge in [-0.3, -0.25) is 0 Å². The molecular weight excluding hydrogens is 318 g/mol. The molecule has 0 spiro atoms. The average molecular weight is 334 g/mol. The van der Waals surface area contributed by atoms with Gasteiger partial charge in [0, 0.05) is 10.0 Å². The minimum absolute atomic E-state index is 0.509. The topological polar surface area (TPSA) is 41.8 Å². The van der Waals surface area contributed by atoms with Gasteiger partial charge in [0.2, 0.25) is 0 Å². The SMILES string of the molecule is CC/C(=N\O)c1ccc(OCc2ccccc2Br)cc1. The number of benzene rings is 2. The third kappa shape index (κ3) is 3.61. The van der Waals surface area contributed by atoms with E-state index in [-0.39, 0.29) is 0 Å². The second-order valence-corrected chi connectivity index (χ2v) is 5.16. The molecule has 0 saturated heterocycles. The first kappa shape index (κ1) is 14.6. The van der Waals surface area contributed by atoms with Crippen LogP contribution in [-0.2, 0) is 6.61 Å². The van der Waals surface area contributed by atoms with E-state index in [0.29, 0.717) is 18.7 Å². The van der Waals surface area contributed by atoms with Crippen LogP contribution in [0.4, 0.5) is 0 Å². The van der Waals surface area contributed by atoms with Crippen molar-refractivity contribution >= 4 is 21.6 Å². The van der Waals surface area contributed by atoms with E-state index in [2.05, 4.69) is 21.1 Å². The molecule has 0 saturated carbocycles. The van der Waals surface area contributed by atoms with Crippen LogP contribution in [-0.4, -0.2) is 10.9 Å². The van der Waals surface area contributed by atoms with Crippen LogP contribution in [0.25, 0.3) is 0 Å². The summed E-state index contributed by atoms with van der Waals surface area (Å²) in [6, 6.07) is 15.5. The van der Waals surface area contributed by atoms with Crippen LogP contribution >= 0.6 is 15.9 Å². The number of rotatable bonds is 5. The van der Waals surface area contributed by atoms with Gasteiger partial charge in [0.05, 0.1) is 5.71 Å². The largest absolute Gasteiger partial charge is 0.489 e. The zero-order valence-corrected chi connectivity index (χ0v) is 12.8. The molecule has 4 heteroatoms. The lowest BCUT2D eigenvalue weighted by atomic mass is 10.1. The molecule has 0 aliphatic rings. The fourth-order valence-electron chi connectivity index (χ4n) is 1.85. The number of halogens is 1. The maximum absolute atomic E-state index is 8.88.